The van der Waals surface area contributed by atoms with Crippen LogP contribution >= 0.6 is 0 Å². The lowest BCUT2D eigenvalue weighted by Crippen LogP contribution is -2.52. The maximum Gasteiger partial charge on any atom is 0.242 e. The zero-order valence-electron chi connectivity index (χ0n) is 10.1. The lowest BCUT2D eigenvalue weighted by atomic mass is 10.1. The molecule has 0 bridgehead atoms. The number of carbonyl (C=O) groups is 1. The van der Waals surface area contributed by atoms with E-state index < -0.39 is 11.9 Å². The molecule has 1 saturated heterocycles. The average Bonchev–Trinajstić information content (AvgIpc) is 2.34. The van der Waals surface area contributed by atoms with Crippen molar-refractivity contribution in [1.29, 1.82) is 0 Å². The Balaban J connectivity index is 2.39. The van der Waals surface area contributed by atoms with E-state index in [9.17, 15) is 9.18 Å². The van der Waals surface area contributed by atoms with E-state index in [4.69, 9.17) is 16.2 Å². The van der Waals surface area contributed by atoms with Gasteiger partial charge in [0.1, 0.15) is 11.9 Å². The van der Waals surface area contributed by atoms with E-state index in [-0.39, 0.29) is 12.4 Å². The van der Waals surface area contributed by atoms with Gasteiger partial charge in [-0.25, -0.2) is 4.39 Å². The van der Waals surface area contributed by atoms with Crippen LogP contribution < -0.4 is 16.4 Å². The summed E-state index contributed by atoms with van der Waals surface area (Å²) in [5, 5.41) is 0. The molecule has 6 heteroatoms. The van der Waals surface area contributed by atoms with Gasteiger partial charge < -0.3 is 21.1 Å². The number of nitrogens with zero attached hydrogens (tertiary/aromatic N) is 1. The van der Waals surface area contributed by atoms with Crippen LogP contribution in [0.2, 0.25) is 0 Å². The molecule has 1 amide bonds. The third kappa shape index (κ3) is 2.24. The molecule has 98 valence electrons. The number of morpholine rings is 1. The highest BCUT2D eigenvalue weighted by Crippen LogP contribution is 2.29. The third-order valence-corrected chi connectivity index (χ3v) is 3.07. The highest BCUT2D eigenvalue weighted by Gasteiger charge is 2.29. The maximum absolute atomic E-state index is 13.4. The topological polar surface area (TPSA) is 81.6 Å². The Morgan fingerprint density at radius 1 is 1.56 bits per heavy atom. The van der Waals surface area contributed by atoms with E-state index in [1.807, 2.05) is 0 Å². The summed E-state index contributed by atoms with van der Waals surface area (Å²) in [4.78, 5) is 13.2. The van der Waals surface area contributed by atoms with Crippen LogP contribution in [0.3, 0.4) is 0 Å². The van der Waals surface area contributed by atoms with Crippen LogP contribution in [-0.4, -0.2) is 31.7 Å². The number of amides is 1. The molecule has 0 aliphatic carbocycles. The van der Waals surface area contributed by atoms with Gasteiger partial charge in [0.05, 0.1) is 24.6 Å². The van der Waals surface area contributed by atoms with Crippen LogP contribution in [0.1, 0.15) is 5.56 Å². The van der Waals surface area contributed by atoms with E-state index in [2.05, 4.69) is 0 Å². The standard InChI is InChI=1S/C12H16FN3O2/c1-7-4-10(9(14)5-8(7)13)16-2-3-18-6-11(16)12(15)17/h4-5,11H,2-3,6,14H2,1H3,(H2,15,17). The molecular weight excluding hydrogens is 237 g/mol. The SMILES string of the molecule is Cc1cc(N2CCOCC2C(N)=O)c(N)cc1F. The first kappa shape index (κ1) is 12.6. The smallest absolute Gasteiger partial charge is 0.242 e. The predicted octanol–water partition coefficient (Wildman–Crippen LogP) is 0.407. The van der Waals surface area contributed by atoms with Crippen molar-refractivity contribution in [2.75, 3.05) is 30.4 Å². The van der Waals surface area contributed by atoms with Crippen LogP contribution in [0, 0.1) is 12.7 Å². The normalized spacial score (nSPS) is 19.9. The Labute approximate surface area is 104 Å². The molecule has 1 aliphatic rings. The second-order valence-electron chi connectivity index (χ2n) is 4.35. The molecule has 1 heterocycles. The molecule has 1 unspecified atom stereocenters. The highest BCUT2D eigenvalue weighted by atomic mass is 19.1. The number of aryl methyl sites for hydroxylation is 1. The number of rotatable bonds is 2. The van der Waals surface area contributed by atoms with Crippen LogP contribution in [-0.2, 0) is 9.53 Å². The second kappa shape index (κ2) is 4.81. The second-order valence-corrected chi connectivity index (χ2v) is 4.35. The predicted molar refractivity (Wildman–Crippen MR) is 66.7 cm³/mol. The van der Waals surface area contributed by atoms with Gasteiger partial charge in [-0.3, -0.25) is 4.79 Å². The first-order valence-corrected chi connectivity index (χ1v) is 5.70. The van der Waals surface area contributed by atoms with Crippen molar-refractivity contribution in [3.8, 4) is 0 Å². The Morgan fingerprint density at radius 3 is 2.94 bits per heavy atom. The molecule has 2 rings (SSSR count). The first-order valence-electron chi connectivity index (χ1n) is 5.70. The number of nitrogen functional groups attached to an aromatic ring is 1. The number of benzene rings is 1. The van der Waals surface area contributed by atoms with Gasteiger partial charge in [-0.15, -0.1) is 0 Å². The molecule has 1 aromatic carbocycles. The summed E-state index contributed by atoms with van der Waals surface area (Å²) in [7, 11) is 0. The molecule has 0 aromatic heterocycles. The van der Waals surface area contributed by atoms with E-state index >= 15 is 0 Å². The number of hydrogen-bond acceptors (Lipinski definition) is 4. The number of nitrogens with two attached hydrogens (primary N) is 2. The molecule has 18 heavy (non-hydrogen) atoms. The summed E-state index contributed by atoms with van der Waals surface area (Å²) in [5.74, 6) is -0.837. The molecule has 1 aromatic rings. The van der Waals surface area contributed by atoms with Crippen molar-refractivity contribution < 1.29 is 13.9 Å². The summed E-state index contributed by atoms with van der Waals surface area (Å²) in [6, 6.07) is 2.33. The number of ether oxygens (including phenoxy) is 1. The van der Waals surface area contributed by atoms with Gasteiger partial charge >= 0.3 is 0 Å². The number of carbonyl (C=O) groups excluding carboxylic acids is 1. The molecule has 1 atom stereocenters. The minimum absolute atomic E-state index is 0.227. The Bertz CT molecular complexity index is 479. The van der Waals surface area contributed by atoms with E-state index in [1.165, 1.54) is 6.07 Å². The van der Waals surface area contributed by atoms with Crippen molar-refractivity contribution in [3.63, 3.8) is 0 Å². The number of halogens is 1. The fraction of sp³-hybridized carbons (Fsp3) is 0.417. The van der Waals surface area contributed by atoms with Gasteiger partial charge in [-0.2, -0.15) is 0 Å². The summed E-state index contributed by atoms with van der Waals surface area (Å²) in [5.41, 5.74) is 12.6. The summed E-state index contributed by atoms with van der Waals surface area (Å²) >= 11 is 0. The third-order valence-electron chi connectivity index (χ3n) is 3.07. The minimum Gasteiger partial charge on any atom is -0.397 e. The van der Waals surface area contributed by atoms with Gasteiger partial charge in [0.2, 0.25) is 5.91 Å². The summed E-state index contributed by atoms with van der Waals surface area (Å²) in [6.45, 7) is 2.87. The minimum atomic E-state index is -0.564. The van der Waals surface area contributed by atoms with Gasteiger partial charge in [-0.1, -0.05) is 0 Å². The van der Waals surface area contributed by atoms with Crippen LogP contribution in [0.5, 0.6) is 0 Å². The number of hydrogen-bond donors (Lipinski definition) is 2. The lowest BCUT2D eigenvalue weighted by Gasteiger charge is -2.36. The van der Waals surface area contributed by atoms with Gasteiger partial charge in [0.25, 0.3) is 0 Å². The molecular formula is C12H16FN3O2. The monoisotopic (exact) mass is 253 g/mol. The Hall–Kier alpha value is -1.82. The number of anilines is 2. The van der Waals surface area contributed by atoms with Crippen molar-refractivity contribution in [3.05, 3.63) is 23.5 Å². The summed E-state index contributed by atoms with van der Waals surface area (Å²) in [6.07, 6.45) is 0. The van der Waals surface area contributed by atoms with Crippen molar-refractivity contribution >= 4 is 17.3 Å². The van der Waals surface area contributed by atoms with Crippen molar-refractivity contribution in [1.82, 2.24) is 0 Å². The molecule has 1 fully saturated rings. The quantitative estimate of drug-likeness (QED) is 0.748. The van der Waals surface area contributed by atoms with Crippen LogP contribution in [0.15, 0.2) is 12.1 Å². The molecule has 5 nitrogen and oxygen atoms in total. The largest absolute Gasteiger partial charge is 0.397 e. The molecule has 0 saturated carbocycles. The molecule has 1 aliphatic heterocycles. The van der Waals surface area contributed by atoms with Gasteiger partial charge in [-0.05, 0) is 24.6 Å². The van der Waals surface area contributed by atoms with E-state index in [1.54, 1.807) is 17.9 Å². The Kier molecular flexibility index (Phi) is 3.38. The van der Waals surface area contributed by atoms with Gasteiger partial charge in [0.15, 0.2) is 0 Å². The van der Waals surface area contributed by atoms with Crippen molar-refractivity contribution in [2.45, 2.75) is 13.0 Å². The molecule has 0 radical (unpaired) electrons. The van der Waals surface area contributed by atoms with E-state index in [0.717, 1.165) is 0 Å². The molecule has 0 spiro atoms. The number of primary amides is 1. The van der Waals surface area contributed by atoms with Gasteiger partial charge in [0, 0.05) is 6.54 Å². The van der Waals surface area contributed by atoms with Crippen LogP contribution in [0.4, 0.5) is 15.8 Å². The fourth-order valence-corrected chi connectivity index (χ4v) is 2.06. The zero-order valence-corrected chi connectivity index (χ0v) is 10.1. The molecule has 4 N–H and O–H groups in total. The first-order chi connectivity index (χ1) is 8.50. The highest BCUT2D eigenvalue weighted by molar-refractivity contribution is 5.86. The van der Waals surface area contributed by atoms with Crippen molar-refractivity contribution in [2.24, 2.45) is 5.73 Å². The summed E-state index contributed by atoms with van der Waals surface area (Å²) < 4.78 is 18.6. The average molecular weight is 253 g/mol. The Morgan fingerprint density at radius 2 is 2.28 bits per heavy atom. The zero-order chi connectivity index (χ0) is 13.3. The fourth-order valence-electron chi connectivity index (χ4n) is 2.06. The van der Waals surface area contributed by atoms with E-state index in [0.29, 0.717) is 30.1 Å². The lowest BCUT2D eigenvalue weighted by molar-refractivity contribution is -0.121. The van der Waals surface area contributed by atoms with Crippen LogP contribution in [0.25, 0.3) is 0 Å². The maximum atomic E-state index is 13.4.